The second kappa shape index (κ2) is 53.6. The molecule has 22 unspecified atom stereocenters. The molecule has 8 bridgehead atoms. The van der Waals surface area contributed by atoms with Crippen LogP contribution in [-0.2, 0) is 18.9 Å². The van der Waals surface area contributed by atoms with Crippen LogP contribution in [-0.4, -0.2) is 51.8 Å². The van der Waals surface area contributed by atoms with Gasteiger partial charge >= 0.3 is 0 Å². The third kappa shape index (κ3) is 40.5. The van der Waals surface area contributed by atoms with Crippen molar-refractivity contribution >= 4 is 0 Å². The minimum atomic E-state index is 0.252. The molecule has 22 atom stereocenters. The Kier molecular flexibility index (Phi) is 49.2. The first kappa shape index (κ1) is 87.2. The van der Waals surface area contributed by atoms with Gasteiger partial charge in [0.05, 0.1) is 25.4 Å². The molecule has 4 saturated carbocycles. The summed E-state index contributed by atoms with van der Waals surface area (Å²) in [6, 6.07) is 0. The lowest BCUT2D eigenvalue weighted by molar-refractivity contribution is -0.0242. The fraction of sp³-hybridized carbons (Fsp3) is 1.00. The maximum atomic E-state index is 6.43. The van der Waals surface area contributed by atoms with Crippen LogP contribution in [0.5, 0.6) is 0 Å². The van der Waals surface area contributed by atoms with E-state index in [0.29, 0.717) is 0 Å². The zero-order valence-corrected chi connectivity index (χ0v) is 67.8. The lowest BCUT2D eigenvalue weighted by Gasteiger charge is -2.22. The number of ether oxygens (including phenoxy) is 4. The summed E-state index contributed by atoms with van der Waals surface area (Å²) in [6.07, 6.45) is 66.8. The van der Waals surface area contributed by atoms with Gasteiger partial charge in [0, 0.05) is 26.4 Å². The lowest BCUT2D eigenvalue weighted by atomic mass is 9.84. The van der Waals surface area contributed by atoms with E-state index in [1.165, 1.54) is 289 Å². The van der Waals surface area contributed by atoms with Gasteiger partial charge in [-0.2, -0.15) is 0 Å². The highest BCUT2D eigenvalue weighted by Crippen LogP contribution is 2.45. The SMILES string of the molecule is CCC.CCC1COCCC(C)CCCC2CCC(C2)C(C)CCCC(C)CCC(C)CCCC(C)C2CCC(CCCC(C)CCOCC(CC)OCCC(C)CCCC3CCC(C3)C(C)CCCC(C)CCC(C)CCCC(C)C3CCC(CCCC(C)CCO1)C3)C2. The first-order valence-corrected chi connectivity index (χ1v) is 44.3. The van der Waals surface area contributed by atoms with E-state index in [-0.39, 0.29) is 12.2 Å². The van der Waals surface area contributed by atoms with Crippen molar-refractivity contribution < 1.29 is 18.9 Å². The summed E-state index contributed by atoms with van der Waals surface area (Å²) in [6.45, 7) is 44.5. The standard InChI is InChI=1S/C88H168O4.C3H8/c1-15-87-65-89-57-53-71(7)29-21-37-79-45-49-83(61-79)75(11)33-17-25-67(3)41-42-68(4)26-18-34-76(12)84-50-46-80(62-84)38-22-30-72(8)54-58-90-66-88(16-2)92-60-56-74(10)32-24-40-82-48-52-86(64-82)78(14)36-20-28-70(6)44-43-69(5)27-19-35-77(13)85-51-47-81(63-85)39-23-31-73(9)55-59-91-87;1-3-2/h67-88H,15-66H2,1-14H3;3H2,1-2H3. The maximum absolute atomic E-state index is 6.43. The van der Waals surface area contributed by atoms with Gasteiger partial charge in [-0.05, 0) is 208 Å². The molecular formula is C91H176O4. The first-order valence-electron chi connectivity index (χ1n) is 44.3. The summed E-state index contributed by atoms with van der Waals surface area (Å²) in [4.78, 5) is 0. The fourth-order valence-electron chi connectivity index (χ4n) is 19.4. The van der Waals surface area contributed by atoms with Crippen LogP contribution in [0.15, 0.2) is 0 Å². The molecule has 0 amide bonds. The molecular weight excluding hydrogens is 1160 g/mol. The summed E-state index contributed by atoms with van der Waals surface area (Å²) >= 11 is 0. The first-order chi connectivity index (χ1) is 45.9. The molecule has 1 aliphatic heterocycles. The van der Waals surface area contributed by atoms with Gasteiger partial charge in [-0.25, -0.2) is 0 Å². The second-order valence-electron chi connectivity index (χ2n) is 36.9. The third-order valence-corrected chi connectivity index (χ3v) is 27.5. The molecule has 1 heterocycles. The number of rotatable bonds is 2. The van der Waals surface area contributed by atoms with Crippen LogP contribution in [0.4, 0.5) is 0 Å². The van der Waals surface area contributed by atoms with Gasteiger partial charge in [-0.1, -0.05) is 323 Å². The Bertz CT molecular complexity index is 1610. The van der Waals surface area contributed by atoms with Crippen molar-refractivity contribution in [3.05, 3.63) is 0 Å². The highest BCUT2D eigenvalue weighted by Gasteiger charge is 2.32. The largest absolute Gasteiger partial charge is 0.379 e. The molecule has 5 rings (SSSR count). The minimum Gasteiger partial charge on any atom is -0.379 e. The Labute approximate surface area is 598 Å². The molecule has 0 aromatic rings. The molecule has 0 spiro atoms. The molecule has 1 saturated heterocycles. The van der Waals surface area contributed by atoms with Gasteiger partial charge in [0.25, 0.3) is 0 Å². The Morgan fingerprint density at radius 1 is 0.221 bits per heavy atom. The summed E-state index contributed by atoms with van der Waals surface area (Å²) < 4.78 is 25.4. The highest BCUT2D eigenvalue weighted by molar-refractivity contribution is 4.84. The van der Waals surface area contributed by atoms with E-state index in [1.807, 2.05) is 0 Å². The highest BCUT2D eigenvalue weighted by atomic mass is 16.5. The number of hydrogen-bond acceptors (Lipinski definition) is 4. The van der Waals surface area contributed by atoms with Gasteiger partial charge in [-0.15, -0.1) is 0 Å². The maximum Gasteiger partial charge on any atom is 0.0805 e. The second-order valence-corrected chi connectivity index (χ2v) is 36.9. The fourth-order valence-corrected chi connectivity index (χ4v) is 19.4. The molecule has 5 aliphatic rings. The Morgan fingerprint density at radius 3 is 0.663 bits per heavy atom. The lowest BCUT2D eigenvalue weighted by Crippen LogP contribution is -2.21. The third-order valence-electron chi connectivity index (χ3n) is 27.5. The molecule has 0 aromatic carbocycles. The molecule has 4 nitrogen and oxygen atoms in total. The smallest absolute Gasteiger partial charge is 0.0805 e. The van der Waals surface area contributed by atoms with Crippen molar-refractivity contribution in [3.8, 4) is 0 Å². The van der Waals surface area contributed by atoms with Crippen molar-refractivity contribution in [2.45, 2.75) is 425 Å². The predicted octanol–water partition coefficient (Wildman–Crippen LogP) is 28.8. The van der Waals surface area contributed by atoms with Gasteiger partial charge < -0.3 is 18.9 Å². The molecule has 0 aromatic heterocycles. The Hall–Kier alpha value is -0.160. The topological polar surface area (TPSA) is 36.9 Å². The molecule has 0 N–H and O–H groups in total. The van der Waals surface area contributed by atoms with E-state index in [1.54, 1.807) is 0 Å². The molecule has 4 heteroatoms. The average molecular weight is 1330 g/mol. The predicted molar refractivity (Wildman–Crippen MR) is 419 cm³/mol. The van der Waals surface area contributed by atoms with Gasteiger partial charge in [0.2, 0.25) is 0 Å². The van der Waals surface area contributed by atoms with Gasteiger partial charge in [-0.3, -0.25) is 0 Å². The van der Waals surface area contributed by atoms with Crippen LogP contribution in [0, 0.1) is 118 Å². The molecule has 564 valence electrons. The average Bonchev–Trinajstić information content (AvgIpc) is 1.88. The zero-order valence-electron chi connectivity index (χ0n) is 67.8. The van der Waals surface area contributed by atoms with Crippen LogP contribution in [0.3, 0.4) is 0 Å². The van der Waals surface area contributed by atoms with Crippen molar-refractivity contribution in [1.29, 1.82) is 0 Å². The van der Waals surface area contributed by atoms with Crippen LogP contribution >= 0.6 is 0 Å². The Balaban J connectivity index is 0.00000628. The van der Waals surface area contributed by atoms with Crippen LogP contribution in [0.2, 0.25) is 0 Å². The summed E-state index contributed by atoms with van der Waals surface area (Å²) in [7, 11) is 0. The molecule has 95 heavy (non-hydrogen) atoms. The molecule has 0 radical (unpaired) electrons. The van der Waals surface area contributed by atoms with Gasteiger partial charge in [0.1, 0.15) is 0 Å². The van der Waals surface area contributed by atoms with Crippen LogP contribution in [0.25, 0.3) is 0 Å². The van der Waals surface area contributed by atoms with E-state index in [9.17, 15) is 0 Å². The van der Waals surface area contributed by atoms with Gasteiger partial charge in [0.15, 0.2) is 0 Å². The van der Waals surface area contributed by atoms with Crippen molar-refractivity contribution in [2.75, 3.05) is 39.6 Å². The van der Waals surface area contributed by atoms with E-state index in [2.05, 4.69) is 111 Å². The minimum absolute atomic E-state index is 0.252. The monoisotopic (exact) mass is 1330 g/mol. The van der Waals surface area contributed by atoms with Crippen LogP contribution in [0.1, 0.15) is 413 Å². The quantitative estimate of drug-likeness (QED) is 0.276. The van der Waals surface area contributed by atoms with Crippen molar-refractivity contribution in [3.63, 3.8) is 0 Å². The number of hydrogen-bond donors (Lipinski definition) is 0. The van der Waals surface area contributed by atoms with E-state index in [4.69, 9.17) is 18.9 Å². The number of fused-ring (bicyclic) bond motifs is 8. The van der Waals surface area contributed by atoms with E-state index >= 15 is 0 Å². The summed E-state index contributed by atoms with van der Waals surface area (Å²) in [5.74, 6) is 18.1. The Morgan fingerprint density at radius 2 is 0.432 bits per heavy atom. The van der Waals surface area contributed by atoms with Crippen LogP contribution < -0.4 is 0 Å². The van der Waals surface area contributed by atoms with E-state index in [0.717, 1.165) is 171 Å². The van der Waals surface area contributed by atoms with Crippen molar-refractivity contribution in [2.24, 2.45) is 118 Å². The normalized spacial score (nSPS) is 39.5. The molecule has 4 aliphatic carbocycles. The molecule has 5 fully saturated rings. The zero-order chi connectivity index (χ0) is 69.0. The summed E-state index contributed by atoms with van der Waals surface area (Å²) in [5, 5.41) is 0. The van der Waals surface area contributed by atoms with Crippen molar-refractivity contribution in [1.82, 2.24) is 0 Å². The van der Waals surface area contributed by atoms with E-state index < -0.39 is 0 Å². The summed E-state index contributed by atoms with van der Waals surface area (Å²) in [5.41, 5.74) is 0.